The van der Waals surface area contributed by atoms with Gasteiger partial charge in [0.25, 0.3) is 11.5 Å². The Bertz CT molecular complexity index is 1830. The molecule has 42 heavy (non-hydrogen) atoms. The summed E-state index contributed by atoms with van der Waals surface area (Å²) < 4.78 is 13.3. The van der Waals surface area contributed by atoms with Gasteiger partial charge >= 0.3 is 11.8 Å². The van der Waals surface area contributed by atoms with E-state index in [1.54, 1.807) is 52.8 Å². The summed E-state index contributed by atoms with van der Waals surface area (Å²) >= 11 is 0. The Labute approximate surface area is 242 Å². The van der Waals surface area contributed by atoms with Crippen molar-refractivity contribution in [2.24, 2.45) is 7.05 Å². The molecular weight excluding hydrogens is 538 g/mol. The molecule has 0 atom stereocenters. The maximum Gasteiger partial charge on any atom is 0.412 e. The van der Waals surface area contributed by atoms with Crippen LogP contribution in [0.1, 0.15) is 37.5 Å². The molecule has 4 N–H and O–H groups in total. The fourth-order valence-electron chi connectivity index (χ4n) is 4.59. The van der Waals surface area contributed by atoms with Crippen LogP contribution in [0.4, 0.5) is 22.0 Å². The van der Waals surface area contributed by atoms with Gasteiger partial charge in [-0.1, -0.05) is 36.4 Å². The molecule has 4 aromatic rings. The third-order valence-corrected chi connectivity index (χ3v) is 6.80. The number of carbonyl (C=O) groups is 2. The number of carbonyl (C=O) groups excluding carboxylic acids is 2. The van der Waals surface area contributed by atoms with E-state index in [0.29, 0.717) is 28.3 Å². The van der Waals surface area contributed by atoms with E-state index in [1.807, 2.05) is 37.3 Å². The fraction of sp³-hybridized carbons (Fsp3) is 0.290. The largest absolute Gasteiger partial charge is 0.483 e. The number of hydrogen-bond acceptors (Lipinski definition) is 7. The van der Waals surface area contributed by atoms with Gasteiger partial charge in [-0.2, -0.15) is 0 Å². The molecule has 2 amide bonds. The first-order valence-electron chi connectivity index (χ1n) is 13.3. The van der Waals surface area contributed by atoms with Crippen molar-refractivity contribution in [3.8, 4) is 11.4 Å². The molecule has 1 aromatic heterocycles. The first-order valence-corrected chi connectivity index (χ1v) is 13.3. The van der Waals surface area contributed by atoms with Crippen LogP contribution in [0.25, 0.3) is 16.5 Å². The fourth-order valence-corrected chi connectivity index (χ4v) is 4.59. The lowest BCUT2D eigenvalue weighted by Crippen LogP contribution is -2.41. The quantitative estimate of drug-likeness (QED) is 0.306. The van der Waals surface area contributed by atoms with Crippen LogP contribution in [-0.4, -0.2) is 33.3 Å². The SMILES string of the molecule is Cc1cc(OCC(=O)Nc2c(N)n(-c3cccc4ccccc34)c(=O)n(C)c2=O)c(C)c(C)c1NC(=O)OC(C)(C)C. The van der Waals surface area contributed by atoms with Gasteiger partial charge < -0.3 is 20.5 Å². The molecule has 1 heterocycles. The smallest absolute Gasteiger partial charge is 0.412 e. The number of hydrogen-bond donors (Lipinski definition) is 3. The highest BCUT2D eigenvalue weighted by Gasteiger charge is 2.22. The van der Waals surface area contributed by atoms with Crippen molar-refractivity contribution in [3.63, 3.8) is 0 Å². The maximum atomic E-state index is 13.1. The number of rotatable bonds is 6. The van der Waals surface area contributed by atoms with Gasteiger partial charge in [-0.25, -0.2) is 14.2 Å². The Morgan fingerprint density at radius 3 is 2.29 bits per heavy atom. The van der Waals surface area contributed by atoms with Crippen molar-refractivity contribution < 1.29 is 19.1 Å². The summed E-state index contributed by atoms with van der Waals surface area (Å²) in [7, 11) is 1.32. The highest BCUT2D eigenvalue weighted by Crippen LogP contribution is 2.32. The van der Waals surface area contributed by atoms with Crippen LogP contribution in [0, 0.1) is 20.8 Å². The molecule has 220 valence electrons. The second-order valence-corrected chi connectivity index (χ2v) is 11.0. The summed E-state index contributed by atoms with van der Waals surface area (Å²) in [5, 5.41) is 6.93. The molecule has 0 aliphatic carbocycles. The van der Waals surface area contributed by atoms with Crippen LogP contribution in [0.2, 0.25) is 0 Å². The Kier molecular flexibility index (Phi) is 8.14. The number of ether oxygens (including phenoxy) is 2. The second kappa shape index (κ2) is 11.4. The summed E-state index contributed by atoms with van der Waals surface area (Å²) in [6.45, 7) is 10.3. The summed E-state index contributed by atoms with van der Waals surface area (Å²) in [5.41, 5.74) is 7.28. The first kappa shape index (κ1) is 29.9. The number of anilines is 3. The number of amides is 2. The standard InChI is InChI=1S/C31H35N5O6/c1-17-15-23(18(2)19(3)25(17)34-29(39)42-31(4,5)6)41-16-24(37)33-26-27(32)36(30(40)35(7)28(26)38)22-14-10-12-20-11-8-9-13-21(20)22/h8-15H,16,32H2,1-7H3,(H,33,37)(H,34,39). The molecule has 0 radical (unpaired) electrons. The maximum absolute atomic E-state index is 13.1. The zero-order valence-corrected chi connectivity index (χ0v) is 24.7. The molecule has 0 bridgehead atoms. The van der Waals surface area contributed by atoms with Crippen molar-refractivity contribution in [2.45, 2.75) is 47.1 Å². The second-order valence-electron chi connectivity index (χ2n) is 11.0. The summed E-state index contributed by atoms with van der Waals surface area (Å²) in [4.78, 5) is 51.4. The van der Waals surface area contributed by atoms with Crippen LogP contribution in [0.5, 0.6) is 5.75 Å². The molecule has 0 unspecified atom stereocenters. The third kappa shape index (κ3) is 5.99. The minimum absolute atomic E-state index is 0.201. The van der Waals surface area contributed by atoms with Gasteiger partial charge in [0.15, 0.2) is 6.61 Å². The Balaban J connectivity index is 1.59. The van der Waals surface area contributed by atoms with Crippen LogP contribution in [0.3, 0.4) is 0 Å². The zero-order valence-electron chi connectivity index (χ0n) is 24.7. The number of fused-ring (bicyclic) bond motifs is 1. The lowest BCUT2D eigenvalue weighted by atomic mass is 10.0. The molecule has 11 heteroatoms. The highest BCUT2D eigenvalue weighted by molar-refractivity contribution is 5.95. The van der Waals surface area contributed by atoms with E-state index < -0.39 is 35.5 Å². The van der Waals surface area contributed by atoms with Crippen LogP contribution in [0.15, 0.2) is 58.1 Å². The van der Waals surface area contributed by atoms with E-state index in [4.69, 9.17) is 15.2 Å². The van der Waals surface area contributed by atoms with Crippen molar-refractivity contribution in [1.29, 1.82) is 0 Å². The van der Waals surface area contributed by atoms with E-state index >= 15 is 0 Å². The van der Waals surface area contributed by atoms with Crippen LogP contribution >= 0.6 is 0 Å². The summed E-state index contributed by atoms with van der Waals surface area (Å²) in [5.74, 6) is -0.419. The lowest BCUT2D eigenvalue weighted by Gasteiger charge is -2.22. The molecule has 0 fully saturated rings. The first-order chi connectivity index (χ1) is 19.7. The molecular formula is C31H35N5O6. The third-order valence-electron chi connectivity index (χ3n) is 6.80. The van der Waals surface area contributed by atoms with Crippen molar-refractivity contribution in [1.82, 2.24) is 9.13 Å². The van der Waals surface area contributed by atoms with Gasteiger partial charge in [-0.15, -0.1) is 0 Å². The number of nitrogens with zero attached hydrogens (tertiary/aromatic N) is 2. The predicted octanol–water partition coefficient (Wildman–Crippen LogP) is 4.56. The van der Waals surface area contributed by atoms with Gasteiger partial charge in [0.05, 0.1) is 11.4 Å². The Hall–Kier alpha value is -5.06. The summed E-state index contributed by atoms with van der Waals surface area (Å²) in [6, 6.07) is 14.5. The van der Waals surface area contributed by atoms with Crippen LogP contribution in [-0.2, 0) is 16.6 Å². The van der Waals surface area contributed by atoms with Gasteiger partial charge in [-0.3, -0.25) is 19.5 Å². The molecule has 0 aliphatic rings. The molecule has 4 rings (SSSR count). The molecule has 3 aromatic carbocycles. The van der Waals surface area contributed by atoms with E-state index in [0.717, 1.165) is 20.9 Å². The average molecular weight is 574 g/mol. The van der Waals surface area contributed by atoms with Crippen molar-refractivity contribution in [3.05, 3.63) is 86.1 Å². The predicted molar refractivity (Wildman–Crippen MR) is 164 cm³/mol. The van der Waals surface area contributed by atoms with Gasteiger partial charge in [0.1, 0.15) is 22.9 Å². The van der Waals surface area contributed by atoms with Crippen molar-refractivity contribution >= 4 is 40.0 Å². The Morgan fingerprint density at radius 2 is 1.60 bits per heavy atom. The van der Waals surface area contributed by atoms with E-state index in [1.165, 1.54) is 11.6 Å². The highest BCUT2D eigenvalue weighted by atomic mass is 16.6. The number of nitrogens with two attached hydrogens (primary N) is 1. The molecule has 0 aliphatic heterocycles. The van der Waals surface area contributed by atoms with Gasteiger partial charge in [0.2, 0.25) is 0 Å². The van der Waals surface area contributed by atoms with E-state index in [-0.39, 0.29) is 11.5 Å². The zero-order chi connectivity index (χ0) is 30.9. The Morgan fingerprint density at radius 1 is 0.929 bits per heavy atom. The number of nitrogen functional groups attached to an aromatic ring is 1. The van der Waals surface area contributed by atoms with E-state index in [9.17, 15) is 19.2 Å². The van der Waals surface area contributed by atoms with Gasteiger partial charge in [0, 0.05) is 12.4 Å². The molecule has 11 nitrogen and oxygen atoms in total. The average Bonchev–Trinajstić information content (AvgIpc) is 2.92. The van der Waals surface area contributed by atoms with Crippen LogP contribution < -0.4 is 32.4 Å². The lowest BCUT2D eigenvalue weighted by molar-refractivity contribution is -0.118. The van der Waals surface area contributed by atoms with Crippen molar-refractivity contribution in [2.75, 3.05) is 23.0 Å². The number of aryl methyl sites for hydroxylation is 1. The van der Waals surface area contributed by atoms with Gasteiger partial charge in [-0.05, 0) is 75.8 Å². The monoisotopic (exact) mass is 573 g/mol. The number of benzene rings is 3. The van der Waals surface area contributed by atoms with E-state index in [2.05, 4.69) is 10.6 Å². The molecule has 0 saturated carbocycles. The number of nitrogens with one attached hydrogen (secondary N) is 2. The minimum atomic E-state index is -0.747. The topological polar surface area (TPSA) is 147 Å². The molecule has 0 saturated heterocycles. The minimum Gasteiger partial charge on any atom is -0.483 e. The molecule has 0 spiro atoms. The summed E-state index contributed by atoms with van der Waals surface area (Å²) in [6.07, 6.45) is -0.579. The number of aromatic nitrogens is 2. The normalized spacial score (nSPS) is 11.3.